The van der Waals surface area contributed by atoms with Gasteiger partial charge in [0.15, 0.2) is 0 Å². The zero-order valence-corrected chi connectivity index (χ0v) is 11.1. The van der Waals surface area contributed by atoms with Gasteiger partial charge in [0.1, 0.15) is 0 Å². The summed E-state index contributed by atoms with van der Waals surface area (Å²) in [5.41, 5.74) is 5.32. The van der Waals surface area contributed by atoms with Gasteiger partial charge < -0.3 is 10.6 Å². The first-order valence-corrected chi connectivity index (χ1v) is 6.50. The molecule has 0 bridgehead atoms. The van der Waals surface area contributed by atoms with Gasteiger partial charge in [-0.3, -0.25) is 9.59 Å². The third-order valence-electron chi connectivity index (χ3n) is 3.54. The van der Waals surface area contributed by atoms with Gasteiger partial charge in [-0.25, -0.2) is 0 Å². The van der Waals surface area contributed by atoms with E-state index in [-0.39, 0.29) is 23.8 Å². The van der Waals surface area contributed by atoms with E-state index in [1.807, 2.05) is 11.8 Å². The SMILES string of the molecule is CC(C)CCC(=O)N1C[C@H](C(N)=O)CC[C@@H]1C. The maximum Gasteiger partial charge on any atom is 0.222 e. The quantitative estimate of drug-likeness (QED) is 0.810. The standard InChI is InChI=1S/C13H24N2O2/c1-9(2)4-7-12(16)15-8-11(13(14)17)6-5-10(15)3/h9-11H,4-8H2,1-3H3,(H2,14,17)/t10-,11+/m0/s1. The fourth-order valence-electron chi connectivity index (χ4n) is 2.24. The van der Waals surface area contributed by atoms with E-state index in [4.69, 9.17) is 5.73 Å². The van der Waals surface area contributed by atoms with E-state index in [1.54, 1.807) is 0 Å². The molecule has 0 aromatic heterocycles. The first kappa shape index (κ1) is 14.0. The summed E-state index contributed by atoms with van der Waals surface area (Å²) >= 11 is 0. The molecule has 1 aliphatic heterocycles. The van der Waals surface area contributed by atoms with E-state index in [0.29, 0.717) is 18.9 Å². The van der Waals surface area contributed by atoms with Crippen LogP contribution in [0.4, 0.5) is 0 Å². The van der Waals surface area contributed by atoms with Crippen molar-refractivity contribution >= 4 is 11.8 Å². The Bertz CT molecular complexity index is 289. The summed E-state index contributed by atoms with van der Waals surface area (Å²) < 4.78 is 0. The molecule has 4 heteroatoms. The Hall–Kier alpha value is -1.06. The normalized spacial score (nSPS) is 25.1. The van der Waals surface area contributed by atoms with Crippen LogP contribution in [-0.4, -0.2) is 29.3 Å². The van der Waals surface area contributed by atoms with Gasteiger partial charge in [-0.05, 0) is 32.1 Å². The highest BCUT2D eigenvalue weighted by Gasteiger charge is 2.31. The Morgan fingerprint density at radius 2 is 2.00 bits per heavy atom. The van der Waals surface area contributed by atoms with Crippen LogP contribution in [0.1, 0.15) is 46.5 Å². The van der Waals surface area contributed by atoms with E-state index in [9.17, 15) is 9.59 Å². The van der Waals surface area contributed by atoms with Gasteiger partial charge in [-0.1, -0.05) is 13.8 Å². The van der Waals surface area contributed by atoms with E-state index in [1.165, 1.54) is 0 Å². The van der Waals surface area contributed by atoms with Crippen LogP contribution < -0.4 is 5.73 Å². The number of rotatable bonds is 4. The average Bonchev–Trinajstić information content (AvgIpc) is 2.26. The molecule has 0 saturated carbocycles. The molecular formula is C13H24N2O2. The molecule has 1 aliphatic rings. The minimum atomic E-state index is -0.279. The first-order valence-electron chi connectivity index (χ1n) is 6.50. The van der Waals surface area contributed by atoms with Crippen LogP contribution >= 0.6 is 0 Å². The molecular weight excluding hydrogens is 216 g/mol. The van der Waals surface area contributed by atoms with E-state index in [0.717, 1.165) is 19.3 Å². The Balaban J connectivity index is 2.54. The molecule has 0 unspecified atom stereocenters. The van der Waals surface area contributed by atoms with Crippen LogP contribution in [0.5, 0.6) is 0 Å². The molecule has 0 spiro atoms. The summed E-state index contributed by atoms with van der Waals surface area (Å²) in [5.74, 6) is 0.260. The number of nitrogens with zero attached hydrogens (tertiary/aromatic N) is 1. The van der Waals surface area contributed by atoms with Crippen molar-refractivity contribution in [3.8, 4) is 0 Å². The zero-order valence-electron chi connectivity index (χ0n) is 11.1. The van der Waals surface area contributed by atoms with Gasteiger partial charge in [0.25, 0.3) is 0 Å². The van der Waals surface area contributed by atoms with E-state index < -0.39 is 0 Å². The highest BCUT2D eigenvalue weighted by Crippen LogP contribution is 2.23. The van der Waals surface area contributed by atoms with Crippen molar-refractivity contribution in [3.05, 3.63) is 0 Å². The highest BCUT2D eigenvalue weighted by molar-refractivity contribution is 5.80. The van der Waals surface area contributed by atoms with Crippen molar-refractivity contribution in [2.24, 2.45) is 17.6 Å². The summed E-state index contributed by atoms with van der Waals surface area (Å²) in [6.45, 7) is 6.77. The molecule has 0 aromatic rings. The maximum atomic E-state index is 12.1. The molecule has 1 fully saturated rings. The minimum Gasteiger partial charge on any atom is -0.369 e. The number of carbonyl (C=O) groups excluding carboxylic acids is 2. The summed E-state index contributed by atoms with van der Waals surface area (Å²) in [6, 6.07) is 0.241. The largest absolute Gasteiger partial charge is 0.369 e. The number of hydrogen-bond acceptors (Lipinski definition) is 2. The molecule has 98 valence electrons. The minimum absolute atomic E-state index is 0.158. The molecule has 2 atom stereocenters. The van der Waals surface area contributed by atoms with Gasteiger partial charge in [0.05, 0.1) is 5.92 Å². The van der Waals surface area contributed by atoms with Gasteiger partial charge in [-0.15, -0.1) is 0 Å². The second-order valence-corrected chi connectivity index (χ2v) is 5.50. The number of likely N-dealkylation sites (tertiary alicyclic amines) is 1. The lowest BCUT2D eigenvalue weighted by molar-refractivity contribution is -0.137. The van der Waals surface area contributed by atoms with E-state index >= 15 is 0 Å². The van der Waals surface area contributed by atoms with Gasteiger partial charge in [0.2, 0.25) is 11.8 Å². The van der Waals surface area contributed by atoms with Crippen LogP contribution in [-0.2, 0) is 9.59 Å². The van der Waals surface area contributed by atoms with Crippen molar-refractivity contribution in [1.29, 1.82) is 0 Å². The zero-order chi connectivity index (χ0) is 13.0. The van der Waals surface area contributed by atoms with Crippen LogP contribution in [0, 0.1) is 11.8 Å². The van der Waals surface area contributed by atoms with E-state index in [2.05, 4.69) is 13.8 Å². The number of hydrogen-bond donors (Lipinski definition) is 1. The highest BCUT2D eigenvalue weighted by atomic mass is 16.2. The Kier molecular flexibility index (Phi) is 4.97. The van der Waals surface area contributed by atoms with Gasteiger partial charge >= 0.3 is 0 Å². The van der Waals surface area contributed by atoms with Crippen molar-refractivity contribution in [1.82, 2.24) is 4.90 Å². The third-order valence-corrected chi connectivity index (χ3v) is 3.54. The van der Waals surface area contributed by atoms with Crippen molar-refractivity contribution < 1.29 is 9.59 Å². The number of piperidine rings is 1. The average molecular weight is 240 g/mol. The maximum absolute atomic E-state index is 12.1. The lowest BCUT2D eigenvalue weighted by Crippen LogP contribution is -2.48. The summed E-state index contributed by atoms with van der Waals surface area (Å²) in [5, 5.41) is 0. The lowest BCUT2D eigenvalue weighted by atomic mass is 9.92. The third kappa shape index (κ3) is 4.02. The van der Waals surface area contributed by atoms with Crippen LogP contribution in [0.3, 0.4) is 0 Å². The Morgan fingerprint density at radius 3 is 2.53 bits per heavy atom. The van der Waals surface area contributed by atoms with Gasteiger partial charge in [-0.2, -0.15) is 0 Å². The predicted octanol–water partition coefficient (Wildman–Crippen LogP) is 1.53. The number of amides is 2. The van der Waals surface area contributed by atoms with Crippen molar-refractivity contribution in [2.75, 3.05) is 6.54 Å². The van der Waals surface area contributed by atoms with Crippen molar-refractivity contribution in [2.45, 2.75) is 52.5 Å². The molecule has 1 rings (SSSR count). The molecule has 0 radical (unpaired) electrons. The predicted molar refractivity (Wildman–Crippen MR) is 67.2 cm³/mol. The molecule has 2 amide bonds. The smallest absolute Gasteiger partial charge is 0.222 e. The number of nitrogens with two attached hydrogens (primary N) is 1. The van der Waals surface area contributed by atoms with Crippen molar-refractivity contribution in [3.63, 3.8) is 0 Å². The molecule has 0 aromatic carbocycles. The summed E-state index contributed by atoms with van der Waals surface area (Å²) in [4.78, 5) is 25.1. The first-order chi connectivity index (χ1) is 7.91. The second-order valence-electron chi connectivity index (χ2n) is 5.50. The molecule has 2 N–H and O–H groups in total. The van der Waals surface area contributed by atoms with Crippen LogP contribution in [0.15, 0.2) is 0 Å². The molecule has 17 heavy (non-hydrogen) atoms. The topological polar surface area (TPSA) is 63.4 Å². The Labute approximate surface area is 104 Å². The summed E-state index contributed by atoms with van der Waals surface area (Å²) in [7, 11) is 0. The Morgan fingerprint density at radius 1 is 1.35 bits per heavy atom. The second kappa shape index (κ2) is 6.03. The van der Waals surface area contributed by atoms with Crippen LogP contribution in [0.2, 0.25) is 0 Å². The molecule has 1 heterocycles. The van der Waals surface area contributed by atoms with Crippen LogP contribution in [0.25, 0.3) is 0 Å². The number of primary amides is 1. The molecule has 1 saturated heterocycles. The number of carbonyl (C=O) groups is 2. The lowest BCUT2D eigenvalue weighted by Gasteiger charge is -2.37. The monoisotopic (exact) mass is 240 g/mol. The summed E-state index contributed by atoms with van der Waals surface area (Å²) in [6.07, 6.45) is 3.17. The molecule has 4 nitrogen and oxygen atoms in total. The fourth-order valence-corrected chi connectivity index (χ4v) is 2.24. The molecule has 0 aliphatic carbocycles. The van der Waals surface area contributed by atoms with Gasteiger partial charge in [0, 0.05) is 19.0 Å². The fraction of sp³-hybridized carbons (Fsp3) is 0.846.